The van der Waals surface area contributed by atoms with Gasteiger partial charge in [-0.25, -0.2) is 0 Å². The first kappa shape index (κ1) is 14.1. The molecule has 1 heteroatoms. The molecule has 0 amide bonds. The molecule has 0 spiro atoms. The Bertz CT molecular complexity index is 1060. The second kappa shape index (κ2) is 5.27. The number of aromatic nitrogens is 1. The standard InChI is InChI=1S/C22H21N/c1-4-5-8-16-11-12-19-20-13-17-9-6-7-10-18(17)14-21(20)23(3)22(19)15(16)2/h5-14H,4H2,1-3H3/b8-5-. The van der Waals surface area contributed by atoms with Crippen LogP contribution in [0.3, 0.4) is 0 Å². The predicted molar refractivity (Wildman–Crippen MR) is 102 cm³/mol. The van der Waals surface area contributed by atoms with Crippen LogP contribution < -0.4 is 0 Å². The Balaban J connectivity index is 2.13. The summed E-state index contributed by atoms with van der Waals surface area (Å²) < 4.78 is 2.34. The number of nitrogens with zero attached hydrogens (tertiary/aromatic N) is 1. The van der Waals surface area contributed by atoms with Crippen molar-refractivity contribution in [2.24, 2.45) is 7.05 Å². The lowest BCUT2D eigenvalue weighted by Gasteiger charge is -2.05. The lowest BCUT2D eigenvalue weighted by atomic mass is 10.0. The summed E-state index contributed by atoms with van der Waals surface area (Å²) in [7, 11) is 2.18. The Morgan fingerprint density at radius 3 is 2.43 bits per heavy atom. The highest BCUT2D eigenvalue weighted by molar-refractivity contribution is 6.13. The third-order valence-electron chi connectivity index (χ3n) is 4.86. The third-order valence-corrected chi connectivity index (χ3v) is 4.86. The van der Waals surface area contributed by atoms with Crippen LogP contribution in [0, 0.1) is 6.92 Å². The second-order valence-electron chi connectivity index (χ2n) is 6.26. The van der Waals surface area contributed by atoms with E-state index in [4.69, 9.17) is 0 Å². The molecule has 0 saturated carbocycles. The van der Waals surface area contributed by atoms with Crippen LogP contribution in [0.25, 0.3) is 38.7 Å². The van der Waals surface area contributed by atoms with Gasteiger partial charge in [0.2, 0.25) is 0 Å². The van der Waals surface area contributed by atoms with Crippen LogP contribution in [0.5, 0.6) is 0 Å². The molecule has 4 rings (SSSR count). The minimum absolute atomic E-state index is 1.07. The Kier molecular flexibility index (Phi) is 3.23. The van der Waals surface area contributed by atoms with Gasteiger partial charge in [-0.15, -0.1) is 0 Å². The van der Waals surface area contributed by atoms with E-state index in [1.807, 2.05) is 0 Å². The van der Waals surface area contributed by atoms with Crippen LogP contribution in [-0.2, 0) is 7.05 Å². The molecule has 0 aliphatic heterocycles. The first-order chi connectivity index (χ1) is 11.2. The smallest absolute Gasteiger partial charge is 0.0524 e. The van der Waals surface area contributed by atoms with Gasteiger partial charge in [0.25, 0.3) is 0 Å². The number of rotatable bonds is 2. The van der Waals surface area contributed by atoms with Crippen molar-refractivity contribution in [3.8, 4) is 0 Å². The van der Waals surface area contributed by atoms with E-state index in [-0.39, 0.29) is 0 Å². The number of aryl methyl sites for hydroxylation is 2. The maximum atomic E-state index is 2.34. The lowest BCUT2D eigenvalue weighted by Crippen LogP contribution is -1.91. The molecule has 23 heavy (non-hydrogen) atoms. The quantitative estimate of drug-likeness (QED) is 0.414. The number of hydrogen-bond donors (Lipinski definition) is 0. The van der Waals surface area contributed by atoms with Gasteiger partial charge in [-0.05, 0) is 47.4 Å². The molecule has 0 radical (unpaired) electrons. The number of fused-ring (bicyclic) bond motifs is 4. The molecule has 0 N–H and O–H groups in total. The molecule has 0 unspecified atom stereocenters. The Hall–Kier alpha value is -2.54. The Morgan fingerprint density at radius 1 is 0.957 bits per heavy atom. The molecular weight excluding hydrogens is 278 g/mol. The number of benzene rings is 3. The fourth-order valence-electron chi connectivity index (χ4n) is 3.63. The summed E-state index contributed by atoms with van der Waals surface area (Å²) in [6.07, 6.45) is 5.53. The first-order valence-corrected chi connectivity index (χ1v) is 8.27. The highest BCUT2D eigenvalue weighted by atomic mass is 14.9. The third kappa shape index (κ3) is 2.08. The molecule has 1 heterocycles. The second-order valence-corrected chi connectivity index (χ2v) is 6.26. The Labute approximate surface area is 136 Å². The molecule has 3 aromatic carbocycles. The van der Waals surface area contributed by atoms with Crippen LogP contribution in [0.2, 0.25) is 0 Å². The summed E-state index contributed by atoms with van der Waals surface area (Å²) in [5.41, 5.74) is 5.32. The molecule has 0 aliphatic carbocycles. The van der Waals surface area contributed by atoms with E-state index in [1.165, 1.54) is 43.7 Å². The normalized spacial score (nSPS) is 12.1. The number of allylic oxidation sites excluding steroid dienone is 1. The van der Waals surface area contributed by atoms with Crippen LogP contribution >= 0.6 is 0 Å². The van der Waals surface area contributed by atoms with E-state index >= 15 is 0 Å². The van der Waals surface area contributed by atoms with E-state index in [2.05, 4.69) is 86.1 Å². The van der Waals surface area contributed by atoms with Gasteiger partial charge in [-0.3, -0.25) is 0 Å². The zero-order valence-corrected chi connectivity index (χ0v) is 13.9. The molecule has 4 aromatic rings. The van der Waals surface area contributed by atoms with Crippen LogP contribution in [0.15, 0.2) is 54.6 Å². The summed E-state index contributed by atoms with van der Waals surface area (Å²) in [4.78, 5) is 0. The highest BCUT2D eigenvalue weighted by Crippen LogP contribution is 2.34. The molecule has 0 aliphatic rings. The summed E-state index contributed by atoms with van der Waals surface area (Å²) in [5, 5.41) is 5.30. The minimum atomic E-state index is 1.07. The molecule has 114 valence electrons. The maximum absolute atomic E-state index is 2.34. The van der Waals surface area contributed by atoms with Crippen molar-refractivity contribution in [1.29, 1.82) is 0 Å². The molecule has 0 saturated heterocycles. The van der Waals surface area contributed by atoms with Crippen molar-refractivity contribution in [3.63, 3.8) is 0 Å². The first-order valence-electron chi connectivity index (χ1n) is 8.27. The SMILES string of the molecule is CC/C=C\c1ccc2c3cc4ccccc4cc3n(C)c2c1C. The fraction of sp³-hybridized carbons (Fsp3) is 0.182. The van der Waals surface area contributed by atoms with Crippen molar-refractivity contribution in [1.82, 2.24) is 4.57 Å². The Morgan fingerprint density at radius 2 is 1.70 bits per heavy atom. The van der Waals surface area contributed by atoms with E-state index in [0.717, 1.165) is 6.42 Å². The van der Waals surface area contributed by atoms with Crippen molar-refractivity contribution >= 4 is 38.7 Å². The van der Waals surface area contributed by atoms with E-state index in [9.17, 15) is 0 Å². The topological polar surface area (TPSA) is 4.93 Å². The average Bonchev–Trinajstić information content (AvgIpc) is 2.85. The highest BCUT2D eigenvalue weighted by Gasteiger charge is 2.12. The van der Waals surface area contributed by atoms with E-state index in [1.54, 1.807) is 0 Å². The predicted octanol–water partition coefficient (Wildman–Crippen LogP) is 6.22. The average molecular weight is 299 g/mol. The van der Waals surface area contributed by atoms with Gasteiger partial charge in [0.05, 0.1) is 5.52 Å². The van der Waals surface area contributed by atoms with E-state index < -0.39 is 0 Å². The summed E-state index contributed by atoms with van der Waals surface area (Å²) in [6, 6.07) is 17.8. The van der Waals surface area contributed by atoms with Crippen molar-refractivity contribution in [2.75, 3.05) is 0 Å². The van der Waals surface area contributed by atoms with Crippen LogP contribution in [0.1, 0.15) is 24.5 Å². The van der Waals surface area contributed by atoms with Gasteiger partial charge in [-0.1, -0.05) is 55.5 Å². The van der Waals surface area contributed by atoms with Gasteiger partial charge in [-0.2, -0.15) is 0 Å². The van der Waals surface area contributed by atoms with Gasteiger partial charge in [0.1, 0.15) is 0 Å². The van der Waals surface area contributed by atoms with Gasteiger partial charge < -0.3 is 4.57 Å². The lowest BCUT2D eigenvalue weighted by molar-refractivity contribution is 1.01. The van der Waals surface area contributed by atoms with Crippen molar-refractivity contribution in [2.45, 2.75) is 20.3 Å². The zero-order chi connectivity index (χ0) is 16.0. The van der Waals surface area contributed by atoms with Crippen molar-refractivity contribution in [3.05, 3.63) is 65.7 Å². The molecule has 1 aromatic heterocycles. The molecule has 0 fully saturated rings. The van der Waals surface area contributed by atoms with E-state index in [0.29, 0.717) is 0 Å². The largest absolute Gasteiger partial charge is 0.343 e. The molecular formula is C22H21N. The summed E-state index contributed by atoms with van der Waals surface area (Å²) in [6.45, 7) is 4.41. The van der Waals surface area contributed by atoms with Crippen LogP contribution in [-0.4, -0.2) is 4.57 Å². The summed E-state index contributed by atoms with van der Waals surface area (Å²) in [5.74, 6) is 0. The summed E-state index contributed by atoms with van der Waals surface area (Å²) >= 11 is 0. The number of hydrogen-bond acceptors (Lipinski definition) is 0. The maximum Gasteiger partial charge on any atom is 0.0524 e. The molecule has 0 atom stereocenters. The zero-order valence-electron chi connectivity index (χ0n) is 13.9. The fourth-order valence-corrected chi connectivity index (χ4v) is 3.63. The van der Waals surface area contributed by atoms with Gasteiger partial charge in [0, 0.05) is 23.3 Å². The monoisotopic (exact) mass is 299 g/mol. The van der Waals surface area contributed by atoms with Crippen LogP contribution in [0.4, 0.5) is 0 Å². The molecule has 1 nitrogen and oxygen atoms in total. The van der Waals surface area contributed by atoms with Gasteiger partial charge >= 0.3 is 0 Å². The van der Waals surface area contributed by atoms with Crippen molar-refractivity contribution < 1.29 is 0 Å². The molecule has 0 bridgehead atoms. The van der Waals surface area contributed by atoms with Gasteiger partial charge in [0.15, 0.2) is 0 Å². The minimum Gasteiger partial charge on any atom is -0.343 e.